The maximum Gasteiger partial charge on any atom is 0.293 e. The molecule has 0 spiro atoms. The van der Waals surface area contributed by atoms with Gasteiger partial charge in [0, 0.05) is 5.92 Å². The van der Waals surface area contributed by atoms with Crippen LogP contribution in [0.2, 0.25) is 0 Å². The molecule has 1 aromatic rings. The fourth-order valence-corrected chi connectivity index (χ4v) is 1.60. The Kier molecular flexibility index (Phi) is 2.39. The van der Waals surface area contributed by atoms with E-state index in [1.165, 1.54) is 5.56 Å². The maximum atomic E-state index is 10.1. The van der Waals surface area contributed by atoms with E-state index in [4.69, 9.17) is 9.47 Å². The molecule has 0 N–H and O–H groups in total. The summed E-state index contributed by atoms with van der Waals surface area (Å²) < 4.78 is 9.92. The summed E-state index contributed by atoms with van der Waals surface area (Å²) in [4.78, 5) is 10.1. The van der Waals surface area contributed by atoms with Crippen molar-refractivity contribution in [3.63, 3.8) is 0 Å². The van der Waals surface area contributed by atoms with Crippen molar-refractivity contribution in [2.24, 2.45) is 0 Å². The molecule has 1 fully saturated rings. The summed E-state index contributed by atoms with van der Waals surface area (Å²) in [7, 11) is 1.64. The van der Waals surface area contributed by atoms with Crippen LogP contribution in [-0.2, 0) is 9.53 Å². The summed E-state index contributed by atoms with van der Waals surface area (Å²) in [5.41, 5.74) is 1.21. The van der Waals surface area contributed by atoms with Crippen molar-refractivity contribution in [1.82, 2.24) is 0 Å². The summed E-state index contributed by atoms with van der Waals surface area (Å²) in [5.74, 6) is 1.23. The second-order valence-corrected chi connectivity index (χ2v) is 3.39. The minimum absolute atomic E-state index is 0.0842. The first-order valence-electron chi connectivity index (χ1n) is 4.58. The predicted octanol–water partition coefficient (Wildman–Crippen LogP) is 1.72. The fraction of sp³-hybridized carbons (Fsp3) is 0.364. The molecular weight excluding hydrogens is 180 g/mol. The molecule has 3 nitrogen and oxygen atoms in total. The molecule has 1 aliphatic rings. The first kappa shape index (κ1) is 9.06. The van der Waals surface area contributed by atoms with Crippen LogP contribution in [0.25, 0.3) is 0 Å². The highest BCUT2D eigenvalue weighted by Crippen LogP contribution is 2.43. The van der Waals surface area contributed by atoms with Crippen LogP contribution in [0.15, 0.2) is 24.3 Å². The predicted molar refractivity (Wildman–Crippen MR) is 51.3 cm³/mol. The average molecular weight is 192 g/mol. The van der Waals surface area contributed by atoms with Crippen LogP contribution in [0, 0.1) is 0 Å². The number of carbonyl (C=O) groups is 1. The van der Waals surface area contributed by atoms with Crippen molar-refractivity contribution in [1.29, 1.82) is 0 Å². The van der Waals surface area contributed by atoms with Crippen LogP contribution in [0.3, 0.4) is 0 Å². The van der Waals surface area contributed by atoms with Gasteiger partial charge in [0.05, 0.1) is 7.11 Å². The van der Waals surface area contributed by atoms with Gasteiger partial charge in [-0.05, 0) is 24.1 Å². The molecule has 3 heteroatoms. The van der Waals surface area contributed by atoms with E-state index < -0.39 is 0 Å². The molecule has 2 atom stereocenters. The monoisotopic (exact) mass is 192 g/mol. The number of hydrogen-bond acceptors (Lipinski definition) is 3. The highest BCUT2D eigenvalue weighted by molar-refractivity contribution is 5.40. The van der Waals surface area contributed by atoms with Crippen LogP contribution in [0.1, 0.15) is 17.9 Å². The standard InChI is InChI=1S/C11H12O3/c1-13-9-4-2-8(3-5-9)10-6-11(10)14-7-12/h2-5,7,10-11H,6H2,1H3/t10?,11-/m1/s1. The van der Waals surface area contributed by atoms with Gasteiger partial charge in [-0.15, -0.1) is 0 Å². The maximum absolute atomic E-state index is 10.1. The highest BCUT2D eigenvalue weighted by atomic mass is 16.5. The van der Waals surface area contributed by atoms with Gasteiger partial charge in [0.2, 0.25) is 0 Å². The quantitative estimate of drug-likeness (QED) is 0.681. The average Bonchev–Trinajstić information content (AvgIpc) is 2.98. The largest absolute Gasteiger partial charge is 0.497 e. The van der Waals surface area contributed by atoms with E-state index in [1.54, 1.807) is 7.11 Å². The van der Waals surface area contributed by atoms with E-state index in [-0.39, 0.29) is 6.10 Å². The molecule has 0 aliphatic heterocycles. The van der Waals surface area contributed by atoms with Gasteiger partial charge >= 0.3 is 0 Å². The molecule has 1 saturated carbocycles. The zero-order valence-corrected chi connectivity index (χ0v) is 7.97. The summed E-state index contributed by atoms with van der Waals surface area (Å²) in [6, 6.07) is 7.87. The van der Waals surface area contributed by atoms with Crippen molar-refractivity contribution in [3.05, 3.63) is 29.8 Å². The summed E-state index contributed by atoms with van der Waals surface area (Å²) in [6.45, 7) is 0.522. The van der Waals surface area contributed by atoms with E-state index in [0.717, 1.165) is 12.2 Å². The van der Waals surface area contributed by atoms with E-state index in [9.17, 15) is 4.79 Å². The molecule has 1 aliphatic carbocycles. The zero-order valence-electron chi connectivity index (χ0n) is 7.97. The van der Waals surface area contributed by atoms with E-state index in [0.29, 0.717) is 12.4 Å². The number of benzene rings is 1. The molecule has 1 aromatic carbocycles. The Balaban J connectivity index is 2.01. The summed E-state index contributed by atoms with van der Waals surface area (Å²) in [6.07, 6.45) is 1.02. The number of hydrogen-bond donors (Lipinski definition) is 0. The van der Waals surface area contributed by atoms with Crippen LogP contribution in [0.5, 0.6) is 5.75 Å². The van der Waals surface area contributed by atoms with Gasteiger partial charge in [-0.2, -0.15) is 0 Å². The van der Waals surface area contributed by atoms with Gasteiger partial charge in [0.25, 0.3) is 6.47 Å². The molecule has 0 bridgehead atoms. The van der Waals surface area contributed by atoms with E-state index in [2.05, 4.69) is 0 Å². The lowest BCUT2D eigenvalue weighted by Gasteiger charge is -2.01. The van der Waals surface area contributed by atoms with Gasteiger partial charge < -0.3 is 9.47 Å². The minimum atomic E-state index is 0.0842. The Morgan fingerprint density at radius 3 is 2.64 bits per heavy atom. The second kappa shape index (κ2) is 3.70. The Morgan fingerprint density at radius 1 is 1.36 bits per heavy atom. The van der Waals surface area contributed by atoms with Crippen molar-refractivity contribution < 1.29 is 14.3 Å². The fourth-order valence-electron chi connectivity index (χ4n) is 1.60. The first-order valence-corrected chi connectivity index (χ1v) is 4.58. The second-order valence-electron chi connectivity index (χ2n) is 3.39. The third-order valence-corrected chi connectivity index (χ3v) is 2.51. The van der Waals surface area contributed by atoms with Crippen LogP contribution >= 0.6 is 0 Å². The van der Waals surface area contributed by atoms with Crippen molar-refractivity contribution in [2.45, 2.75) is 18.4 Å². The molecule has 0 heterocycles. The normalized spacial score (nSPS) is 24.1. The van der Waals surface area contributed by atoms with E-state index in [1.807, 2.05) is 24.3 Å². The minimum Gasteiger partial charge on any atom is -0.497 e. The third kappa shape index (κ3) is 1.71. The highest BCUT2D eigenvalue weighted by Gasteiger charge is 2.40. The molecule has 0 saturated heterocycles. The Bertz CT molecular complexity index is 318. The van der Waals surface area contributed by atoms with Gasteiger partial charge in [0.1, 0.15) is 11.9 Å². The number of carbonyl (C=O) groups excluding carboxylic acids is 1. The lowest BCUT2D eigenvalue weighted by molar-refractivity contribution is -0.129. The summed E-state index contributed by atoms with van der Waals surface area (Å²) >= 11 is 0. The van der Waals surface area contributed by atoms with Gasteiger partial charge in [0.15, 0.2) is 0 Å². The van der Waals surface area contributed by atoms with Crippen LogP contribution < -0.4 is 4.74 Å². The molecule has 1 unspecified atom stereocenters. The topological polar surface area (TPSA) is 35.5 Å². The molecule has 14 heavy (non-hydrogen) atoms. The zero-order chi connectivity index (χ0) is 9.97. The van der Waals surface area contributed by atoms with E-state index >= 15 is 0 Å². The van der Waals surface area contributed by atoms with Crippen molar-refractivity contribution in [3.8, 4) is 5.75 Å². The van der Waals surface area contributed by atoms with Crippen molar-refractivity contribution >= 4 is 6.47 Å². The third-order valence-electron chi connectivity index (χ3n) is 2.51. The molecule has 74 valence electrons. The van der Waals surface area contributed by atoms with Crippen LogP contribution in [0.4, 0.5) is 0 Å². The molecular formula is C11H12O3. The number of ether oxygens (including phenoxy) is 2. The van der Waals surface area contributed by atoms with Gasteiger partial charge in [-0.1, -0.05) is 12.1 Å². The lowest BCUT2D eigenvalue weighted by Crippen LogP contribution is -1.93. The lowest BCUT2D eigenvalue weighted by atomic mass is 10.1. The SMILES string of the molecule is COc1ccc(C2C[C@H]2OC=O)cc1. The Morgan fingerprint density at radius 2 is 2.07 bits per heavy atom. The van der Waals surface area contributed by atoms with Crippen LogP contribution in [-0.4, -0.2) is 19.7 Å². The van der Waals surface area contributed by atoms with Gasteiger partial charge in [-0.25, -0.2) is 0 Å². The first-order chi connectivity index (χ1) is 6.85. The molecule has 0 radical (unpaired) electrons. The van der Waals surface area contributed by atoms with Crippen molar-refractivity contribution in [2.75, 3.05) is 7.11 Å². The van der Waals surface area contributed by atoms with Gasteiger partial charge in [-0.3, -0.25) is 4.79 Å². The Hall–Kier alpha value is -1.51. The molecule has 2 rings (SSSR count). The molecule has 0 aromatic heterocycles. The Labute approximate surface area is 82.6 Å². The number of methoxy groups -OCH3 is 1. The number of rotatable bonds is 4. The smallest absolute Gasteiger partial charge is 0.293 e. The summed E-state index contributed by atoms with van der Waals surface area (Å²) in [5, 5.41) is 0. The molecule has 0 amide bonds.